The summed E-state index contributed by atoms with van der Waals surface area (Å²) in [7, 11) is -2.87. The van der Waals surface area contributed by atoms with E-state index < -0.39 is 9.84 Å². The standard InChI is InChI=1S/C13H29NO2S/c1-6-14-13(10-11(2)3)8-7-9-17(15,16)12(4)5/h11-14H,6-10H2,1-5H3. The first-order chi connectivity index (χ1) is 7.79. The third-order valence-electron chi connectivity index (χ3n) is 2.95. The van der Waals surface area contributed by atoms with E-state index in [1.165, 1.54) is 0 Å². The summed E-state index contributed by atoms with van der Waals surface area (Å²) in [6.45, 7) is 11.0. The number of hydrogen-bond acceptors (Lipinski definition) is 3. The van der Waals surface area contributed by atoms with Gasteiger partial charge in [0, 0.05) is 6.04 Å². The monoisotopic (exact) mass is 263 g/mol. The smallest absolute Gasteiger partial charge is 0.152 e. The fraction of sp³-hybridized carbons (Fsp3) is 1.00. The number of rotatable bonds is 9. The number of nitrogens with one attached hydrogen (secondary N) is 1. The van der Waals surface area contributed by atoms with E-state index in [1.807, 2.05) is 0 Å². The molecule has 0 rings (SSSR count). The molecule has 0 aromatic rings. The lowest BCUT2D eigenvalue weighted by Gasteiger charge is -2.20. The number of hydrogen-bond donors (Lipinski definition) is 1. The van der Waals surface area contributed by atoms with Crippen LogP contribution in [-0.4, -0.2) is 32.0 Å². The van der Waals surface area contributed by atoms with E-state index in [0.717, 1.165) is 25.8 Å². The molecule has 104 valence electrons. The lowest BCUT2D eigenvalue weighted by Crippen LogP contribution is -2.31. The van der Waals surface area contributed by atoms with Crippen molar-refractivity contribution in [3.63, 3.8) is 0 Å². The highest BCUT2D eigenvalue weighted by molar-refractivity contribution is 7.91. The summed E-state index contributed by atoms with van der Waals surface area (Å²) in [6.07, 6.45) is 2.85. The van der Waals surface area contributed by atoms with Crippen molar-refractivity contribution < 1.29 is 8.42 Å². The molecule has 0 spiro atoms. The first-order valence-corrected chi connectivity index (χ1v) is 8.46. The maximum atomic E-state index is 11.7. The van der Waals surface area contributed by atoms with E-state index in [-0.39, 0.29) is 5.25 Å². The topological polar surface area (TPSA) is 46.2 Å². The van der Waals surface area contributed by atoms with Gasteiger partial charge in [-0.25, -0.2) is 8.42 Å². The van der Waals surface area contributed by atoms with Gasteiger partial charge >= 0.3 is 0 Å². The molecular weight excluding hydrogens is 234 g/mol. The molecule has 4 heteroatoms. The van der Waals surface area contributed by atoms with Crippen molar-refractivity contribution in [1.29, 1.82) is 0 Å². The van der Waals surface area contributed by atoms with Gasteiger partial charge in [-0.1, -0.05) is 20.8 Å². The quantitative estimate of drug-likeness (QED) is 0.695. The highest BCUT2D eigenvalue weighted by Crippen LogP contribution is 2.12. The van der Waals surface area contributed by atoms with E-state index in [9.17, 15) is 8.42 Å². The van der Waals surface area contributed by atoms with Crippen molar-refractivity contribution in [3.05, 3.63) is 0 Å². The molecule has 0 amide bonds. The Balaban J connectivity index is 4.05. The molecule has 0 aliphatic carbocycles. The highest BCUT2D eigenvalue weighted by Gasteiger charge is 2.17. The second kappa shape index (κ2) is 8.09. The first kappa shape index (κ1) is 16.9. The van der Waals surface area contributed by atoms with Crippen molar-refractivity contribution in [2.24, 2.45) is 5.92 Å². The van der Waals surface area contributed by atoms with Gasteiger partial charge in [-0.3, -0.25) is 0 Å². The van der Waals surface area contributed by atoms with Crippen LogP contribution >= 0.6 is 0 Å². The van der Waals surface area contributed by atoms with Gasteiger partial charge in [-0.05, 0) is 45.6 Å². The van der Waals surface area contributed by atoms with Gasteiger partial charge in [0.1, 0.15) is 0 Å². The van der Waals surface area contributed by atoms with Crippen LogP contribution in [0.2, 0.25) is 0 Å². The summed E-state index contributed by atoms with van der Waals surface area (Å²) in [5.41, 5.74) is 0. The summed E-state index contributed by atoms with van der Waals surface area (Å²) in [5, 5.41) is 3.19. The summed E-state index contributed by atoms with van der Waals surface area (Å²) in [6, 6.07) is 0.461. The van der Waals surface area contributed by atoms with E-state index in [0.29, 0.717) is 17.7 Å². The average molecular weight is 263 g/mol. The lowest BCUT2D eigenvalue weighted by molar-refractivity contribution is 0.402. The van der Waals surface area contributed by atoms with Crippen molar-refractivity contribution >= 4 is 9.84 Å². The fourth-order valence-corrected chi connectivity index (χ4v) is 2.97. The van der Waals surface area contributed by atoms with Crippen LogP contribution in [0, 0.1) is 5.92 Å². The Kier molecular flexibility index (Phi) is 8.05. The normalized spacial score (nSPS) is 14.5. The van der Waals surface area contributed by atoms with Crippen LogP contribution in [-0.2, 0) is 9.84 Å². The minimum absolute atomic E-state index is 0.245. The van der Waals surface area contributed by atoms with Gasteiger partial charge in [-0.15, -0.1) is 0 Å². The summed E-state index contributed by atoms with van der Waals surface area (Å²) >= 11 is 0. The minimum atomic E-state index is -2.87. The van der Waals surface area contributed by atoms with Gasteiger partial charge in [0.2, 0.25) is 0 Å². The molecule has 0 fully saturated rings. The van der Waals surface area contributed by atoms with Gasteiger partial charge in [0.15, 0.2) is 9.84 Å². The second-order valence-corrected chi connectivity index (χ2v) is 8.12. The van der Waals surface area contributed by atoms with Crippen molar-refractivity contribution in [2.75, 3.05) is 12.3 Å². The van der Waals surface area contributed by atoms with Crippen LogP contribution in [0.3, 0.4) is 0 Å². The van der Waals surface area contributed by atoms with Crippen LogP contribution in [0.4, 0.5) is 0 Å². The highest BCUT2D eigenvalue weighted by atomic mass is 32.2. The van der Waals surface area contributed by atoms with Gasteiger partial charge in [-0.2, -0.15) is 0 Å². The average Bonchev–Trinajstić information content (AvgIpc) is 2.16. The summed E-state index contributed by atoms with van der Waals surface area (Å²) in [5.74, 6) is 0.978. The molecule has 0 aromatic carbocycles. The molecule has 0 bridgehead atoms. The Morgan fingerprint density at radius 2 is 1.71 bits per heavy atom. The maximum Gasteiger partial charge on any atom is 0.152 e. The third kappa shape index (κ3) is 7.77. The molecule has 0 aromatic heterocycles. The van der Waals surface area contributed by atoms with E-state index in [2.05, 4.69) is 26.1 Å². The molecule has 1 unspecified atom stereocenters. The summed E-state index contributed by atoms with van der Waals surface area (Å²) in [4.78, 5) is 0. The van der Waals surface area contributed by atoms with Crippen molar-refractivity contribution in [1.82, 2.24) is 5.32 Å². The van der Waals surface area contributed by atoms with Crippen molar-refractivity contribution in [2.45, 2.75) is 65.2 Å². The SMILES string of the molecule is CCNC(CCCS(=O)(=O)C(C)C)CC(C)C. The molecule has 0 saturated carbocycles. The first-order valence-electron chi connectivity index (χ1n) is 6.74. The van der Waals surface area contributed by atoms with Gasteiger partial charge < -0.3 is 5.32 Å². The zero-order valence-electron chi connectivity index (χ0n) is 12.0. The molecule has 3 nitrogen and oxygen atoms in total. The van der Waals surface area contributed by atoms with Crippen LogP contribution in [0.1, 0.15) is 53.9 Å². The Labute approximate surface area is 107 Å². The van der Waals surface area contributed by atoms with Gasteiger partial charge in [0.25, 0.3) is 0 Å². The largest absolute Gasteiger partial charge is 0.314 e. The number of sulfone groups is 1. The second-order valence-electron chi connectivity index (χ2n) is 5.44. The molecule has 0 aliphatic rings. The van der Waals surface area contributed by atoms with E-state index in [1.54, 1.807) is 13.8 Å². The molecule has 1 N–H and O–H groups in total. The lowest BCUT2D eigenvalue weighted by atomic mass is 10.0. The minimum Gasteiger partial charge on any atom is -0.314 e. The third-order valence-corrected chi connectivity index (χ3v) is 5.24. The van der Waals surface area contributed by atoms with Gasteiger partial charge in [0.05, 0.1) is 11.0 Å². The molecule has 0 aliphatic heterocycles. The predicted octanol–water partition coefficient (Wildman–Crippen LogP) is 2.61. The van der Waals surface area contributed by atoms with E-state index in [4.69, 9.17) is 0 Å². The molecule has 0 heterocycles. The molecule has 0 saturated heterocycles. The fourth-order valence-electron chi connectivity index (χ4n) is 1.93. The molecule has 17 heavy (non-hydrogen) atoms. The Morgan fingerprint density at radius 3 is 2.12 bits per heavy atom. The zero-order chi connectivity index (χ0) is 13.5. The predicted molar refractivity (Wildman–Crippen MR) is 75.1 cm³/mol. The maximum absolute atomic E-state index is 11.7. The Bertz CT molecular complexity index is 284. The molecular formula is C13H29NO2S. The summed E-state index contributed by atoms with van der Waals surface area (Å²) < 4.78 is 23.3. The molecule has 1 atom stereocenters. The van der Waals surface area contributed by atoms with E-state index >= 15 is 0 Å². The van der Waals surface area contributed by atoms with Crippen LogP contribution in [0.5, 0.6) is 0 Å². The van der Waals surface area contributed by atoms with Crippen molar-refractivity contribution in [3.8, 4) is 0 Å². The zero-order valence-corrected chi connectivity index (χ0v) is 12.8. The van der Waals surface area contributed by atoms with Crippen LogP contribution in [0.15, 0.2) is 0 Å². The Morgan fingerprint density at radius 1 is 1.12 bits per heavy atom. The molecule has 0 radical (unpaired) electrons. The van der Waals surface area contributed by atoms with Crippen LogP contribution < -0.4 is 5.32 Å². The Hall–Kier alpha value is -0.0900. The van der Waals surface area contributed by atoms with Crippen LogP contribution in [0.25, 0.3) is 0 Å².